The predicted molar refractivity (Wildman–Crippen MR) is 83.9 cm³/mol. The van der Waals surface area contributed by atoms with Gasteiger partial charge in [-0.3, -0.25) is 0 Å². The molecule has 0 saturated carbocycles. The van der Waals surface area contributed by atoms with E-state index in [2.05, 4.69) is 29.2 Å². The molecule has 1 aliphatic carbocycles. The number of pyridine rings is 1. The Hall–Kier alpha value is -1.87. The van der Waals surface area contributed by atoms with Crippen molar-refractivity contribution in [3.05, 3.63) is 47.2 Å². The van der Waals surface area contributed by atoms with Crippen molar-refractivity contribution in [2.75, 3.05) is 19.0 Å². The standard InChI is InChI=1S/C17H21N3/c1-20(2)17-16(11-18)15(8-9-19-17)14-7-6-12-4-3-5-13(12)10-14/h6-10H,3-5,11,18H2,1-2H3. The van der Waals surface area contributed by atoms with Gasteiger partial charge in [0, 0.05) is 32.4 Å². The van der Waals surface area contributed by atoms with Crippen LogP contribution in [0.1, 0.15) is 23.1 Å². The summed E-state index contributed by atoms with van der Waals surface area (Å²) in [7, 11) is 4.02. The number of hydrogen-bond acceptors (Lipinski definition) is 3. The van der Waals surface area contributed by atoms with Crippen LogP contribution in [0.2, 0.25) is 0 Å². The van der Waals surface area contributed by atoms with Crippen LogP contribution in [0.3, 0.4) is 0 Å². The molecule has 0 fully saturated rings. The largest absolute Gasteiger partial charge is 0.362 e. The van der Waals surface area contributed by atoms with Crippen LogP contribution in [-0.2, 0) is 19.4 Å². The summed E-state index contributed by atoms with van der Waals surface area (Å²) in [6, 6.07) is 8.90. The van der Waals surface area contributed by atoms with Crippen molar-refractivity contribution in [1.82, 2.24) is 4.98 Å². The lowest BCUT2D eigenvalue weighted by molar-refractivity contribution is 0.912. The fourth-order valence-corrected chi connectivity index (χ4v) is 3.08. The highest BCUT2D eigenvalue weighted by molar-refractivity contribution is 5.73. The molecule has 0 atom stereocenters. The number of benzene rings is 1. The Bertz CT molecular complexity index is 632. The van der Waals surface area contributed by atoms with Crippen LogP contribution < -0.4 is 10.6 Å². The lowest BCUT2D eigenvalue weighted by Gasteiger charge is -2.18. The second-order valence-corrected chi connectivity index (χ2v) is 5.60. The topological polar surface area (TPSA) is 42.2 Å². The van der Waals surface area contributed by atoms with Crippen molar-refractivity contribution in [3.8, 4) is 11.1 Å². The third kappa shape index (κ3) is 2.18. The molecule has 3 rings (SSSR count). The number of rotatable bonds is 3. The number of nitrogens with two attached hydrogens (primary N) is 1. The first-order valence-electron chi connectivity index (χ1n) is 7.18. The molecule has 0 spiro atoms. The van der Waals surface area contributed by atoms with Gasteiger partial charge in [-0.1, -0.05) is 18.2 Å². The Kier molecular flexibility index (Phi) is 3.45. The second kappa shape index (κ2) is 5.25. The van der Waals surface area contributed by atoms with Crippen LogP contribution in [0.4, 0.5) is 5.82 Å². The van der Waals surface area contributed by atoms with Gasteiger partial charge in [-0.25, -0.2) is 4.98 Å². The van der Waals surface area contributed by atoms with Gasteiger partial charge in [0.15, 0.2) is 0 Å². The number of fused-ring (bicyclic) bond motifs is 1. The summed E-state index contributed by atoms with van der Waals surface area (Å²) in [5.41, 5.74) is 12.6. The Balaban J connectivity index is 2.12. The summed E-state index contributed by atoms with van der Waals surface area (Å²) in [6.45, 7) is 0.508. The van der Waals surface area contributed by atoms with E-state index in [-0.39, 0.29) is 0 Å². The number of anilines is 1. The lowest BCUT2D eigenvalue weighted by atomic mass is 9.97. The average Bonchev–Trinajstić information content (AvgIpc) is 2.93. The number of aromatic nitrogens is 1. The van der Waals surface area contributed by atoms with E-state index in [0.717, 1.165) is 11.4 Å². The second-order valence-electron chi connectivity index (χ2n) is 5.60. The van der Waals surface area contributed by atoms with Gasteiger partial charge in [-0.2, -0.15) is 0 Å². The van der Waals surface area contributed by atoms with Gasteiger partial charge in [-0.05, 0) is 47.6 Å². The Morgan fingerprint density at radius 1 is 1.15 bits per heavy atom. The van der Waals surface area contributed by atoms with E-state index in [9.17, 15) is 0 Å². The molecule has 3 heteroatoms. The van der Waals surface area contributed by atoms with Crippen LogP contribution in [0, 0.1) is 0 Å². The Morgan fingerprint density at radius 2 is 1.95 bits per heavy atom. The highest BCUT2D eigenvalue weighted by Crippen LogP contribution is 2.32. The van der Waals surface area contributed by atoms with E-state index < -0.39 is 0 Å². The monoisotopic (exact) mass is 267 g/mol. The normalized spacial score (nSPS) is 13.3. The minimum atomic E-state index is 0.508. The van der Waals surface area contributed by atoms with E-state index >= 15 is 0 Å². The number of aryl methyl sites for hydroxylation is 2. The molecule has 1 aromatic carbocycles. The molecule has 0 aliphatic heterocycles. The van der Waals surface area contributed by atoms with Crippen LogP contribution in [0.5, 0.6) is 0 Å². The summed E-state index contributed by atoms with van der Waals surface area (Å²) in [6.07, 6.45) is 5.57. The Labute approximate surface area is 120 Å². The molecular formula is C17H21N3. The zero-order valence-electron chi connectivity index (χ0n) is 12.2. The first-order valence-corrected chi connectivity index (χ1v) is 7.18. The fourth-order valence-electron chi connectivity index (χ4n) is 3.08. The summed E-state index contributed by atoms with van der Waals surface area (Å²) in [4.78, 5) is 6.48. The van der Waals surface area contributed by atoms with Gasteiger partial charge in [0.1, 0.15) is 5.82 Å². The summed E-state index contributed by atoms with van der Waals surface area (Å²) in [5.74, 6) is 0.963. The molecule has 0 radical (unpaired) electrons. The van der Waals surface area contributed by atoms with Gasteiger partial charge in [0.25, 0.3) is 0 Å². The van der Waals surface area contributed by atoms with Crippen molar-refractivity contribution in [3.63, 3.8) is 0 Å². The quantitative estimate of drug-likeness (QED) is 0.929. The van der Waals surface area contributed by atoms with Gasteiger partial charge < -0.3 is 10.6 Å². The summed E-state index contributed by atoms with van der Waals surface area (Å²) in [5, 5.41) is 0. The maximum Gasteiger partial charge on any atom is 0.133 e. The van der Waals surface area contributed by atoms with E-state index in [1.54, 1.807) is 0 Å². The average molecular weight is 267 g/mol. The van der Waals surface area contributed by atoms with Gasteiger partial charge >= 0.3 is 0 Å². The Morgan fingerprint density at radius 3 is 2.70 bits per heavy atom. The van der Waals surface area contributed by atoms with Crippen molar-refractivity contribution in [1.29, 1.82) is 0 Å². The molecule has 1 aliphatic rings. The van der Waals surface area contributed by atoms with Crippen molar-refractivity contribution in [2.45, 2.75) is 25.8 Å². The molecular weight excluding hydrogens is 246 g/mol. The van der Waals surface area contributed by atoms with Crippen LogP contribution in [0.25, 0.3) is 11.1 Å². The zero-order valence-corrected chi connectivity index (χ0v) is 12.2. The maximum absolute atomic E-state index is 5.97. The zero-order chi connectivity index (χ0) is 14.1. The third-order valence-corrected chi connectivity index (χ3v) is 4.07. The highest BCUT2D eigenvalue weighted by atomic mass is 15.1. The molecule has 1 aromatic heterocycles. The SMILES string of the molecule is CN(C)c1nccc(-c2ccc3c(c2)CCC3)c1CN. The van der Waals surface area contributed by atoms with Crippen molar-refractivity contribution in [2.24, 2.45) is 5.73 Å². The van der Waals surface area contributed by atoms with Gasteiger partial charge in [-0.15, -0.1) is 0 Å². The molecule has 0 bridgehead atoms. The van der Waals surface area contributed by atoms with Crippen LogP contribution in [0.15, 0.2) is 30.5 Å². The van der Waals surface area contributed by atoms with E-state index in [1.807, 2.05) is 25.2 Å². The molecule has 104 valence electrons. The van der Waals surface area contributed by atoms with Crippen LogP contribution in [-0.4, -0.2) is 19.1 Å². The van der Waals surface area contributed by atoms with Crippen molar-refractivity contribution < 1.29 is 0 Å². The van der Waals surface area contributed by atoms with Gasteiger partial charge in [0.05, 0.1) is 0 Å². The summed E-state index contributed by atoms with van der Waals surface area (Å²) < 4.78 is 0. The molecule has 0 unspecified atom stereocenters. The highest BCUT2D eigenvalue weighted by Gasteiger charge is 2.15. The van der Waals surface area contributed by atoms with Gasteiger partial charge in [0.2, 0.25) is 0 Å². The molecule has 2 N–H and O–H groups in total. The van der Waals surface area contributed by atoms with Crippen LogP contribution >= 0.6 is 0 Å². The molecule has 0 amide bonds. The van der Waals surface area contributed by atoms with E-state index in [1.165, 1.54) is 41.5 Å². The number of hydrogen-bond donors (Lipinski definition) is 1. The smallest absolute Gasteiger partial charge is 0.133 e. The molecule has 3 nitrogen and oxygen atoms in total. The minimum Gasteiger partial charge on any atom is -0.362 e. The minimum absolute atomic E-state index is 0.508. The van der Waals surface area contributed by atoms with E-state index in [4.69, 9.17) is 5.73 Å². The lowest BCUT2D eigenvalue weighted by Crippen LogP contribution is -2.15. The molecule has 2 aromatic rings. The first kappa shape index (κ1) is 13.1. The molecule has 1 heterocycles. The third-order valence-electron chi connectivity index (χ3n) is 4.07. The number of nitrogens with zero attached hydrogens (tertiary/aromatic N) is 2. The van der Waals surface area contributed by atoms with Crippen molar-refractivity contribution >= 4 is 5.82 Å². The molecule has 0 saturated heterocycles. The van der Waals surface area contributed by atoms with E-state index in [0.29, 0.717) is 6.54 Å². The summed E-state index contributed by atoms with van der Waals surface area (Å²) >= 11 is 0. The predicted octanol–water partition coefficient (Wildman–Crippen LogP) is 2.76. The molecule has 20 heavy (non-hydrogen) atoms. The maximum atomic E-state index is 5.97. The first-order chi connectivity index (χ1) is 9.70. The fraction of sp³-hybridized carbons (Fsp3) is 0.353.